The molecule has 34 heavy (non-hydrogen) atoms. The topological polar surface area (TPSA) is 79.8 Å². The van der Waals surface area contributed by atoms with Gasteiger partial charge in [-0.1, -0.05) is 58.5 Å². The van der Waals surface area contributed by atoms with Gasteiger partial charge in [0, 0.05) is 38.0 Å². The Labute approximate surface area is 218 Å². The predicted octanol–water partition coefficient (Wildman–Crippen LogP) is 5.26. The molecule has 2 fully saturated rings. The third kappa shape index (κ3) is 5.82. The van der Waals surface area contributed by atoms with Crippen LogP contribution in [0.4, 0.5) is 0 Å². The first-order valence-electron chi connectivity index (χ1n) is 11.1. The highest BCUT2D eigenvalue weighted by Gasteiger charge is 2.45. The van der Waals surface area contributed by atoms with Gasteiger partial charge in [0.1, 0.15) is 0 Å². The number of hydrogen-bond acceptors (Lipinski definition) is 5. The second-order valence-corrected chi connectivity index (χ2v) is 10.2. The number of nitrogens with one attached hydrogen (secondary N) is 2. The molecule has 0 unspecified atom stereocenters. The Kier molecular flexibility index (Phi) is 8.99. The molecule has 184 valence electrons. The molecular formula is C24H26Cl4N2O4. The van der Waals surface area contributed by atoms with Crippen LogP contribution in [0.15, 0.2) is 36.4 Å². The SMILES string of the molecule is O=C(O)C([C@@H]1CNCCO[C@H]1c1ccc(Cl)c(Cl)c1)[C@@H]1CNCCO[C@H]1c1ccc(Cl)c(Cl)c1. The number of hydrogen-bond donors (Lipinski definition) is 3. The summed E-state index contributed by atoms with van der Waals surface area (Å²) in [5.74, 6) is -2.49. The third-order valence-electron chi connectivity index (χ3n) is 6.44. The first-order chi connectivity index (χ1) is 16.4. The molecule has 2 aliphatic rings. The second kappa shape index (κ2) is 11.8. The maximum absolute atomic E-state index is 12.9. The quantitative estimate of drug-likeness (QED) is 0.474. The molecule has 2 aromatic rings. The number of ether oxygens (including phenoxy) is 2. The summed E-state index contributed by atoms with van der Waals surface area (Å²) in [4.78, 5) is 12.9. The van der Waals surface area contributed by atoms with Crippen LogP contribution >= 0.6 is 46.4 Å². The van der Waals surface area contributed by atoms with Gasteiger partial charge in [-0.2, -0.15) is 0 Å². The van der Waals surface area contributed by atoms with Crippen molar-refractivity contribution in [2.75, 3.05) is 39.4 Å². The van der Waals surface area contributed by atoms with E-state index in [0.29, 0.717) is 59.5 Å². The first kappa shape index (κ1) is 26.0. The van der Waals surface area contributed by atoms with E-state index in [0.717, 1.165) is 11.1 Å². The van der Waals surface area contributed by atoms with Crippen LogP contribution in [0.3, 0.4) is 0 Å². The van der Waals surface area contributed by atoms with E-state index in [1.165, 1.54) is 0 Å². The van der Waals surface area contributed by atoms with Crippen molar-refractivity contribution < 1.29 is 19.4 Å². The van der Waals surface area contributed by atoms with E-state index in [-0.39, 0.29) is 0 Å². The number of halogens is 4. The van der Waals surface area contributed by atoms with Crippen molar-refractivity contribution in [2.24, 2.45) is 17.8 Å². The smallest absolute Gasteiger partial charge is 0.307 e. The van der Waals surface area contributed by atoms with Crippen molar-refractivity contribution in [3.05, 3.63) is 67.6 Å². The largest absolute Gasteiger partial charge is 0.481 e. The standard InChI is InChI=1S/C24H26Cl4N2O4/c25-17-3-1-13(9-19(17)27)22-15(11-29-5-7-33-22)21(24(31)32)16-12-30-6-8-34-23(16)14-2-4-18(26)20(28)10-14/h1-4,9-10,15-16,21-23,29-30H,5-8,11-12H2,(H,31,32)/t15-,16-,22-,23-/m0/s1. The van der Waals surface area contributed by atoms with Crippen molar-refractivity contribution in [1.82, 2.24) is 10.6 Å². The van der Waals surface area contributed by atoms with E-state index >= 15 is 0 Å². The van der Waals surface area contributed by atoms with Gasteiger partial charge in [-0.05, 0) is 35.4 Å². The highest BCUT2D eigenvalue weighted by molar-refractivity contribution is 6.42. The lowest BCUT2D eigenvalue weighted by molar-refractivity contribution is -0.152. The number of carboxylic acids is 1. The summed E-state index contributed by atoms with van der Waals surface area (Å²) in [6.45, 7) is 3.07. The van der Waals surface area contributed by atoms with Gasteiger partial charge in [-0.15, -0.1) is 0 Å². The van der Waals surface area contributed by atoms with E-state index in [4.69, 9.17) is 55.9 Å². The van der Waals surface area contributed by atoms with Crippen molar-refractivity contribution in [2.45, 2.75) is 12.2 Å². The summed E-state index contributed by atoms with van der Waals surface area (Å²) in [5.41, 5.74) is 1.59. The van der Waals surface area contributed by atoms with Crippen LogP contribution in [0.5, 0.6) is 0 Å². The molecule has 4 rings (SSSR count). The minimum atomic E-state index is -0.912. The zero-order valence-electron chi connectivity index (χ0n) is 18.3. The van der Waals surface area contributed by atoms with Gasteiger partial charge in [-0.25, -0.2) is 0 Å². The van der Waals surface area contributed by atoms with Crippen molar-refractivity contribution >= 4 is 52.4 Å². The maximum Gasteiger partial charge on any atom is 0.307 e. The third-order valence-corrected chi connectivity index (χ3v) is 7.92. The van der Waals surface area contributed by atoms with Gasteiger partial charge in [0.05, 0.1) is 51.4 Å². The Morgan fingerprint density at radius 1 is 0.794 bits per heavy atom. The fraction of sp³-hybridized carbons (Fsp3) is 0.458. The minimum Gasteiger partial charge on any atom is -0.481 e. The Hall–Kier alpha value is -1.09. The number of aliphatic carboxylic acids is 1. The molecule has 0 spiro atoms. The Morgan fingerprint density at radius 2 is 1.24 bits per heavy atom. The Bertz CT molecular complexity index is 951. The van der Waals surface area contributed by atoms with Crippen molar-refractivity contribution in [3.63, 3.8) is 0 Å². The van der Waals surface area contributed by atoms with Crippen molar-refractivity contribution in [1.29, 1.82) is 0 Å². The van der Waals surface area contributed by atoms with E-state index in [1.54, 1.807) is 24.3 Å². The Balaban J connectivity index is 1.75. The highest BCUT2D eigenvalue weighted by Crippen LogP contribution is 2.43. The molecule has 2 aromatic carbocycles. The summed E-state index contributed by atoms with van der Waals surface area (Å²) in [6.07, 6.45) is -0.966. The van der Waals surface area contributed by atoms with Gasteiger partial charge >= 0.3 is 5.97 Å². The summed E-state index contributed by atoms with van der Waals surface area (Å²) in [6, 6.07) is 10.6. The molecule has 0 bridgehead atoms. The second-order valence-electron chi connectivity index (χ2n) is 8.53. The van der Waals surface area contributed by atoms with Crippen LogP contribution in [0.25, 0.3) is 0 Å². The molecule has 0 saturated carbocycles. The number of carbonyl (C=O) groups is 1. The van der Waals surface area contributed by atoms with Crippen LogP contribution in [-0.2, 0) is 14.3 Å². The van der Waals surface area contributed by atoms with Gasteiger partial charge in [0.25, 0.3) is 0 Å². The van der Waals surface area contributed by atoms with Crippen molar-refractivity contribution in [3.8, 4) is 0 Å². The lowest BCUT2D eigenvalue weighted by Gasteiger charge is -2.37. The van der Waals surface area contributed by atoms with Gasteiger partial charge < -0.3 is 25.2 Å². The molecule has 10 heteroatoms. The molecule has 0 aliphatic carbocycles. The molecule has 0 amide bonds. The maximum atomic E-state index is 12.9. The monoisotopic (exact) mass is 546 g/mol. The molecule has 4 atom stereocenters. The summed E-state index contributed by atoms with van der Waals surface area (Å²) in [5, 5.41) is 18.9. The van der Waals surface area contributed by atoms with E-state index in [2.05, 4.69) is 10.6 Å². The van der Waals surface area contributed by atoms with Gasteiger partial charge in [0.2, 0.25) is 0 Å². The number of rotatable bonds is 5. The fourth-order valence-electron chi connectivity index (χ4n) is 4.89. The molecule has 2 aliphatic heterocycles. The fourth-order valence-corrected chi connectivity index (χ4v) is 5.51. The molecule has 0 radical (unpaired) electrons. The molecule has 3 N–H and O–H groups in total. The molecular weight excluding hydrogens is 522 g/mol. The summed E-state index contributed by atoms with van der Waals surface area (Å²) >= 11 is 24.8. The van der Waals surface area contributed by atoms with E-state index < -0.39 is 35.9 Å². The van der Waals surface area contributed by atoms with Gasteiger partial charge in [0.15, 0.2) is 0 Å². The number of carboxylic acid groups (broad SMARTS) is 1. The average molecular weight is 548 g/mol. The average Bonchev–Trinajstić information content (AvgIpc) is 3.19. The Morgan fingerprint density at radius 3 is 1.62 bits per heavy atom. The number of benzene rings is 2. The van der Waals surface area contributed by atoms with Gasteiger partial charge in [-0.3, -0.25) is 4.79 Å². The highest BCUT2D eigenvalue weighted by atomic mass is 35.5. The normalized spacial score (nSPS) is 26.1. The van der Waals surface area contributed by atoms with Crippen LogP contribution in [-0.4, -0.2) is 50.5 Å². The van der Waals surface area contributed by atoms with Crippen LogP contribution in [0, 0.1) is 17.8 Å². The summed E-state index contributed by atoms with van der Waals surface area (Å²) < 4.78 is 12.4. The van der Waals surface area contributed by atoms with E-state index in [1.807, 2.05) is 12.1 Å². The van der Waals surface area contributed by atoms with E-state index in [9.17, 15) is 9.90 Å². The zero-order chi connectivity index (χ0) is 24.2. The zero-order valence-corrected chi connectivity index (χ0v) is 21.3. The first-order valence-corrected chi connectivity index (χ1v) is 12.7. The molecule has 6 nitrogen and oxygen atoms in total. The minimum absolute atomic E-state index is 0.393. The van der Waals surface area contributed by atoms with Crippen LogP contribution in [0.1, 0.15) is 23.3 Å². The summed E-state index contributed by atoms with van der Waals surface area (Å²) in [7, 11) is 0. The molecule has 2 heterocycles. The molecule has 2 saturated heterocycles. The predicted molar refractivity (Wildman–Crippen MR) is 134 cm³/mol. The molecule has 0 aromatic heterocycles. The van der Waals surface area contributed by atoms with Crippen LogP contribution < -0.4 is 10.6 Å². The lowest BCUT2D eigenvalue weighted by atomic mass is 9.73. The van der Waals surface area contributed by atoms with Crippen LogP contribution in [0.2, 0.25) is 20.1 Å². The lowest BCUT2D eigenvalue weighted by Crippen LogP contribution is -2.44.